The number of hydrogen-bond donors (Lipinski definition) is 0. The highest BCUT2D eigenvalue weighted by Crippen LogP contribution is 2.30. The zero-order valence-electron chi connectivity index (χ0n) is 8.14. The first-order chi connectivity index (χ1) is 7.31. The summed E-state index contributed by atoms with van der Waals surface area (Å²) in [6.45, 7) is 0. The molecule has 0 atom stereocenters. The van der Waals surface area contributed by atoms with Crippen LogP contribution in [-0.4, -0.2) is 17.1 Å². The first-order valence-corrected chi connectivity index (χ1v) is 4.79. The normalized spacial score (nSPS) is 10.0. The number of hydrogen-bond acceptors (Lipinski definition) is 3. The van der Waals surface area contributed by atoms with Crippen LogP contribution in [0, 0.1) is 0 Å². The Morgan fingerprint density at radius 1 is 1.27 bits per heavy atom. The number of halogens is 1. The van der Waals surface area contributed by atoms with E-state index in [1.807, 2.05) is 18.2 Å². The number of rotatable bonds is 2. The maximum Gasteiger partial charge on any atom is 0.128 e. The summed E-state index contributed by atoms with van der Waals surface area (Å²) in [5.41, 5.74) is 1.66. The van der Waals surface area contributed by atoms with Gasteiger partial charge in [-0.3, -0.25) is 0 Å². The van der Waals surface area contributed by atoms with Crippen molar-refractivity contribution in [3.63, 3.8) is 0 Å². The third-order valence-corrected chi connectivity index (χ3v) is 2.25. The fraction of sp³-hybridized carbons (Fsp3) is 0.0909. The van der Waals surface area contributed by atoms with Gasteiger partial charge < -0.3 is 4.74 Å². The Morgan fingerprint density at radius 2 is 2.13 bits per heavy atom. The van der Waals surface area contributed by atoms with Crippen LogP contribution in [0.3, 0.4) is 0 Å². The van der Waals surface area contributed by atoms with Crippen molar-refractivity contribution in [3.05, 3.63) is 41.8 Å². The van der Waals surface area contributed by atoms with Crippen LogP contribution < -0.4 is 4.74 Å². The topological polar surface area (TPSA) is 35.0 Å². The van der Waals surface area contributed by atoms with Gasteiger partial charge in [-0.05, 0) is 24.3 Å². The molecular formula is C11H9ClN2O. The first kappa shape index (κ1) is 9.93. The third-order valence-electron chi connectivity index (χ3n) is 2.02. The van der Waals surface area contributed by atoms with E-state index in [2.05, 4.69) is 9.97 Å². The van der Waals surface area contributed by atoms with Gasteiger partial charge in [-0.2, -0.15) is 0 Å². The van der Waals surface area contributed by atoms with Gasteiger partial charge >= 0.3 is 0 Å². The van der Waals surface area contributed by atoms with Crippen molar-refractivity contribution in [2.24, 2.45) is 0 Å². The number of benzene rings is 1. The average Bonchev–Trinajstić information content (AvgIpc) is 2.30. The molecule has 0 unspecified atom stereocenters. The van der Waals surface area contributed by atoms with Crippen LogP contribution >= 0.6 is 11.6 Å². The number of nitrogens with zero attached hydrogens (tertiary/aromatic N) is 2. The van der Waals surface area contributed by atoms with Gasteiger partial charge in [0, 0.05) is 16.8 Å². The molecule has 0 amide bonds. The van der Waals surface area contributed by atoms with Crippen LogP contribution in [0.1, 0.15) is 0 Å². The number of ether oxygens (including phenoxy) is 1. The lowest BCUT2D eigenvalue weighted by Gasteiger charge is -2.07. The van der Waals surface area contributed by atoms with Crippen molar-refractivity contribution in [1.29, 1.82) is 0 Å². The molecule has 2 rings (SSSR count). The van der Waals surface area contributed by atoms with Crippen molar-refractivity contribution in [2.45, 2.75) is 0 Å². The maximum absolute atomic E-state index is 5.92. The molecule has 0 radical (unpaired) electrons. The fourth-order valence-corrected chi connectivity index (χ4v) is 1.50. The minimum Gasteiger partial charge on any atom is -0.496 e. The van der Waals surface area contributed by atoms with E-state index in [1.54, 1.807) is 19.4 Å². The van der Waals surface area contributed by atoms with Crippen LogP contribution in [0.4, 0.5) is 0 Å². The highest BCUT2D eigenvalue weighted by atomic mass is 35.5. The van der Waals surface area contributed by atoms with E-state index in [4.69, 9.17) is 16.3 Å². The lowest BCUT2D eigenvalue weighted by Crippen LogP contribution is -1.90. The summed E-state index contributed by atoms with van der Waals surface area (Å²) in [4.78, 5) is 8.01. The van der Waals surface area contributed by atoms with Gasteiger partial charge in [0.1, 0.15) is 12.1 Å². The molecule has 0 bridgehead atoms. The molecule has 0 N–H and O–H groups in total. The summed E-state index contributed by atoms with van der Waals surface area (Å²) >= 11 is 5.92. The van der Waals surface area contributed by atoms with Crippen LogP contribution in [-0.2, 0) is 0 Å². The molecular weight excluding hydrogens is 212 g/mol. The van der Waals surface area contributed by atoms with Crippen LogP contribution in [0.15, 0.2) is 36.8 Å². The molecule has 0 aliphatic heterocycles. The number of methoxy groups -OCH3 is 1. The van der Waals surface area contributed by atoms with Gasteiger partial charge in [-0.1, -0.05) is 11.6 Å². The second-order valence-corrected chi connectivity index (χ2v) is 3.38. The van der Waals surface area contributed by atoms with Crippen molar-refractivity contribution < 1.29 is 4.74 Å². The molecule has 0 saturated carbocycles. The van der Waals surface area contributed by atoms with Crippen molar-refractivity contribution in [1.82, 2.24) is 9.97 Å². The van der Waals surface area contributed by atoms with Gasteiger partial charge in [0.05, 0.1) is 12.8 Å². The second-order valence-electron chi connectivity index (χ2n) is 2.94. The van der Waals surface area contributed by atoms with Crippen LogP contribution in [0.5, 0.6) is 5.75 Å². The molecule has 0 spiro atoms. The molecule has 1 heterocycles. The van der Waals surface area contributed by atoms with E-state index in [0.29, 0.717) is 5.02 Å². The van der Waals surface area contributed by atoms with Gasteiger partial charge in [-0.15, -0.1) is 0 Å². The monoisotopic (exact) mass is 220 g/mol. The molecule has 0 fully saturated rings. The Balaban J connectivity index is 2.56. The quantitative estimate of drug-likeness (QED) is 0.781. The molecule has 2 aromatic rings. The smallest absolute Gasteiger partial charge is 0.128 e. The lowest BCUT2D eigenvalue weighted by atomic mass is 10.1. The maximum atomic E-state index is 5.92. The van der Waals surface area contributed by atoms with Gasteiger partial charge in [-0.25, -0.2) is 9.97 Å². The molecule has 0 aliphatic carbocycles. The van der Waals surface area contributed by atoms with Gasteiger partial charge in [0.2, 0.25) is 0 Å². The van der Waals surface area contributed by atoms with Crippen molar-refractivity contribution in [2.75, 3.05) is 7.11 Å². The van der Waals surface area contributed by atoms with E-state index in [9.17, 15) is 0 Å². The van der Waals surface area contributed by atoms with Crippen molar-refractivity contribution in [3.8, 4) is 17.0 Å². The SMILES string of the molecule is COc1ccc(Cl)cc1-c1ccncn1. The van der Waals surface area contributed by atoms with Crippen LogP contribution in [0.25, 0.3) is 11.3 Å². The zero-order chi connectivity index (χ0) is 10.7. The van der Waals surface area contributed by atoms with Crippen molar-refractivity contribution >= 4 is 11.6 Å². The lowest BCUT2D eigenvalue weighted by molar-refractivity contribution is 0.416. The minimum atomic E-state index is 0.657. The Bertz CT molecular complexity index is 459. The Hall–Kier alpha value is -1.61. The van der Waals surface area contributed by atoms with E-state index >= 15 is 0 Å². The average molecular weight is 221 g/mol. The molecule has 0 aliphatic rings. The minimum absolute atomic E-state index is 0.657. The Labute approximate surface area is 92.7 Å². The fourth-order valence-electron chi connectivity index (χ4n) is 1.33. The summed E-state index contributed by atoms with van der Waals surface area (Å²) < 4.78 is 5.24. The van der Waals surface area contributed by atoms with Gasteiger partial charge in [0.15, 0.2) is 0 Å². The predicted octanol–water partition coefficient (Wildman–Crippen LogP) is 2.81. The van der Waals surface area contributed by atoms with Crippen LogP contribution in [0.2, 0.25) is 5.02 Å². The highest BCUT2D eigenvalue weighted by molar-refractivity contribution is 6.30. The number of aromatic nitrogens is 2. The van der Waals surface area contributed by atoms with E-state index in [0.717, 1.165) is 17.0 Å². The molecule has 4 heteroatoms. The van der Waals surface area contributed by atoms with E-state index in [-0.39, 0.29) is 0 Å². The first-order valence-electron chi connectivity index (χ1n) is 4.41. The van der Waals surface area contributed by atoms with E-state index in [1.165, 1.54) is 6.33 Å². The third kappa shape index (κ3) is 2.07. The second kappa shape index (κ2) is 4.28. The van der Waals surface area contributed by atoms with E-state index < -0.39 is 0 Å². The predicted molar refractivity (Wildman–Crippen MR) is 59.0 cm³/mol. The molecule has 0 saturated heterocycles. The highest BCUT2D eigenvalue weighted by Gasteiger charge is 2.06. The largest absolute Gasteiger partial charge is 0.496 e. The van der Waals surface area contributed by atoms with Gasteiger partial charge in [0.25, 0.3) is 0 Å². The zero-order valence-corrected chi connectivity index (χ0v) is 8.90. The standard InChI is InChI=1S/C11H9ClN2O/c1-15-11-3-2-8(12)6-9(11)10-4-5-13-7-14-10/h2-7H,1H3. The summed E-state index contributed by atoms with van der Waals surface area (Å²) in [7, 11) is 1.62. The molecule has 1 aromatic heterocycles. The summed E-state index contributed by atoms with van der Waals surface area (Å²) in [6, 6.07) is 7.24. The molecule has 76 valence electrons. The summed E-state index contributed by atoms with van der Waals surface area (Å²) in [5.74, 6) is 0.748. The Morgan fingerprint density at radius 3 is 2.80 bits per heavy atom. The molecule has 3 nitrogen and oxygen atoms in total. The summed E-state index contributed by atoms with van der Waals surface area (Å²) in [5, 5.41) is 0.657. The Kier molecular flexibility index (Phi) is 2.83. The molecule has 1 aromatic carbocycles. The summed E-state index contributed by atoms with van der Waals surface area (Å²) in [6.07, 6.45) is 3.18. The molecule has 15 heavy (non-hydrogen) atoms.